The Morgan fingerprint density at radius 2 is 1.88 bits per heavy atom. The monoisotopic (exact) mass is 359 g/mol. The van der Waals surface area contributed by atoms with Crippen molar-refractivity contribution < 1.29 is 14.3 Å². The van der Waals surface area contributed by atoms with Gasteiger partial charge in [0.15, 0.2) is 0 Å². The number of ether oxygens (including phenoxy) is 1. The van der Waals surface area contributed by atoms with Crippen molar-refractivity contribution in [2.45, 2.75) is 33.2 Å². The van der Waals surface area contributed by atoms with Crippen LogP contribution in [0.2, 0.25) is 0 Å². The lowest BCUT2D eigenvalue weighted by atomic mass is 10.1. The zero-order valence-electron chi connectivity index (χ0n) is 16.0. The molecular weight excluding hydrogens is 330 g/mol. The van der Waals surface area contributed by atoms with Gasteiger partial charge in [-0.2, -0.15) is 0 Å². The average molecular weight is 359 g/mol. The van der Waals surface area contributed by atoms with Crippen LogP contribution >= 0.6 is 0 Å². The summed E-state index contributed by atoms with van der Waals surface area (Å²) >= 11 is 0. The van der Waals surface area contributed by atoms with Crippen LogP contribution in [-0.4, -0.2) is 67.0 Å². The van der Waals surface area contributed by atoms with E-state index in [-0.39, 0.29) is 23.8 Å². The smallest absolute Gasteiger partial charge is 0.228 e. The van der Waals surface area contributed by atoms with Crippen molar-refractivity contribution in [3.8, 4) is 5.75 Å². The third kappa shape index (κ3) is 3.79. The third-order valence-corrected chi connectivity index (χ3v) is 5.23. The van der Waals surface area contributed by atoms with Crippen molar-refractivity contribution in [1.29, 1.82) is 0 Å². The lowest BCUT2D eigenvalue weighted by Gasteiger charge is -2.37. The van der Waals surface area contributed by atoms with E-state index in [1.54, 1.807) is 0 Å². The van der Waals surface area contributed by atoms with Crippen LogP contribution in [0.15, 0.2) is 24.3 Å². The van der Waals surface area contributed by atoms with E-state index in [2.05, 4.69) is 11.0 Å². The molecule has 2 saturated heterocycles. The highest BCUT2D eigenvalue weighted by molar-refractivity contribution is 5.89. The Kier molecular flexibility index (Phi) is 5.69. The molecule has 2 heterocycles. The number of piperazine rings is 1. The number of hydrogen-bond donors (Lipinski definition) is 0. The summed E-state index contributed by atoms with van der Waals surface area (Å²) < 4.78 is 5.73. The zero-order valence-corrected chi connectivity index (χ0v) is 16.0. The number of anilines is 1. The first-order chi connectivity index (χ1) is 12.5. The van der Waals surface area contributed by atoms with E-state index in [4.69, 9.17) is 4.74 Å². The summed E-state index contributed by atoms with van der Waals surface area (Å²) in [6.07, 6.45) is 0.352. The molecule has 2 aliphatic rings. The number of rotatable bonds is 5. The van der Waals surface area contributed by atoms with Crippen LogP contribution in [0.3, 0.4) is 0 Å². The van der Waals surface area contributed by atoms with Crippen LogP contribution in [0.4, 0.5) is 5.69 Å². The molecule has 0 aromatic heterocycles. The highest BCUT2D eigenvalue weighted by Crippen LogP contribution is 2.29. The Balaban J connectivity index is 1.59. The Morgan fingerprint density at radius 3 is 2.50 bits per heavy atom. The second kappa shape index (κ2) is 7.98. The molecule has 142 valence electrons. The maximum absolute atomic E-state index is 12.8. The van der Waals surface area contributed by atoms with Gasteiger partial charge >= 0.3 is 0 Å². The van der Waals surface area contributed by atoms with Crippen molar-refractivity contribution in [2.75, 3.05) is 44.2 Å². The van der Waals surface area contributed by atoms with E-state index in [0.29, 0.717) is 32.7 Å². The van der Waals surface area contributed by atoms with E-state index in [0.717, 1.165) is 24.5 Å². The normalized spacial score (nSPS) is 20.8. The van der Waals surface area contributed by atoms with E-state index in [1.807, 2.05) is 48.8 Å². The fraction of sp³-hybridized carbons (Fsp3) is 0.600. The number of para-hydroxylation sites is 2. The van der Waals surface area contributed by atoms with Gasteiger partial charge in [-0.3, -0.25) is 9.59 Å². The van der Waals surface area contributed by atoms with Crippen molar-refractivity contribution >= 4 is 17.5 Å². The Morgan fingerprint density at radius 1 is 1.19 bits per heavy atom. The van der Waals surface area contributed by atoms with Crippen LogP contribution in [0.1, 0.15) is 27.2 Å². The molecule has 1 aromatic carbocycles. The number of benzene rings is 1. The zero-order chi connectivity index (χ0) is 18.7. The van der Waals surface area contributed by atoms with Gasteiger partial charge in [0.25, 0.3) is 0 Å². The first kappa shape index (κ1) is 18.5. The molecule has 2 fully saturated rings. The molecule has 6 nitrogen and oxygen atoms in total. The number of amides is 2. The van der Waals surface area contributed by atoms with Crippen molar-refractivity contribution in [2.24, 2.45) is 5.92 Å². The quantitative estimate of drug-likeness (QED) is 0.807. The minimum Gasteiger partial charge on any atom is -0.492 e. The number of nitrogens with zero attached hydrogens (tertiary/aromatic N) is 3. The Labute approximate surface area is 155 Å². The van der Waals surface area contributed by atoms with Gasteiger partial charge in [-0.1, -0.05) is 12.1 Å². The van der Waals surface area contributed by atoms with Gasteiger partial charge in [-0.15, -0.1) is 0 Å². The number of carbonyl (C=O) groups excluding carboxylic acids is 2. The second-order valence-corrected chi connectivity index (χ2v) is 7.25. The van der Waals surface area contributed by atoms with Crippen molar-refractivity contribution in [3.05, 3.63) is 24.3 Å². The molecule has 1 atom stereocenters. The molecule has 0 unspecified atom stereocenters. The molecule has 0 aliphatic carbocycles. The SMILES string of the molecule is CCOc1ccccc1N1CCN(C(=O)[C@@H]2CC(=O)N(C(C)C)C2)CC1. The molecule has 6 heteroatoms. The first-order valence-corrected chi connectivity index (χ1v) is 9.56. The standard InChI is InChI=1S/C20H29N3O3/c1-4-26-18-8-6-5-7-17(18)21-9-11-22(12-10-21)20(25)16-13-19(24)23(14-16)15(2)3/h5-8,15-16H,4,9-14H2,1-3H3/t16-/m1/s1. The van der Waals surface area contributed by atoms with Gasteiger partial charge in [0.05, 0.1) is 18.2 Å². The molecule has 2 amide bonds. The van der Waals surface area contributed by atoms with Crippen LogP contribution < -0.4 is 9.64 Å². The molecule has 0 N–H and O–H groups in total. The van der Waals surface area contributed by atoms with Gasteiger partial charge in [-0.05, 0) is 32.9 Å². The summed E-state index contributed by atoms with van der Waals surface area (Å²) in [4.78, 5) is 30.9. The van der Waals surface area contributed by atoms with Gasteiger partial charge < -0.3 is 19.4 Å². The predicted molar refractivity (Wildman–Crippen MR) is 101 cm³/mol. The predicted octanol–water partition coefficient (Wildman–Crippen LogP) is 1.99. The summed E-state index contributed by atoms with van der Waals surface area (Å²) in [5, 5.41) is 0. The van der Waals surface area contributed by atoms with Gasteiger partial charge in [-0.25, -0.2) is 0 Å². The highest BCUT2D eigenvalue weighted by atomic mass is 16.5. The van der Waals surface area contributed by atoms with Gasteiger partial charge in [0, 0.05) is 45.2 Å². The molecule has 26 heavy (non-hydrogen) atoms. The topological polar surface area (TPSA) is 53.1 Å². The minimum atomic E-state index is -0.188. The average Bonchev–Trinajstić information content (AvgIpc) is 3.04. The molecule has 0 bridgehead atoms. The molecule has 0 saturated carbocycles. The maximum Gasteiger partial charge on any atom is 0.228 e. The van der Waals surface area contributed by atoms with Crippen molar-refractivity contribution in [1.82, 2.24) is 9.80 Å². The van der Waals surface area contributed by atoms with E-state index in [1.165, 1.54) is 0 Å². The lowest BCUT2D eigenvalue weighted by Crippen LogP contribution is -2.50. The summed E-state index contributed by atoms with van der Waals surface area (Å²) in [6.45, 7) is 10.1. The lowest BCUT2D eigenvalue weighted by molar-refractivity contribution is -0.136. The van der Waals surface area contributed by atoms with Crippen LogP contribution in [0.5, 0.6) is 5.75 Å². The third-order valence-electron chi connectivity index (χ3n) is 5.23. The minimum absolute atomic E-state index is 0.0997. The maximum atomic E-state index is 12.8. The van der Waals surface area contributed by atoms with Crippen LogP contribution in [0.25, 0.3) is 0 Å². The van der Waals surface area contributed by atoms with Crippen molar-refractivity contribution in [3.63, 3.8) is 0 Å². The molecule has 2 aliphatic heterocycles. The van der Waals surface area contributed by atoms with Crippen LogP contribution in [-0.2, 0) is 9.59 Å². The largest absolute Gasteiger partial charge is 0.492 e. The highest BCUT2D eigenvalue weighted by Gasteiger charge is 2.38. The summed E-state index contributed by atoms with van der Waals surface area (Å²) in [5.41, 5.74) is 1.09. The van der Waals surface area contributed by atoms with E-state index >= 15 is 0 Å². The molecule has 3 rings (SSSR count). The fourth-order valence-corrected chi connectivity index (χ4v) is 3.82. The fourth-order valence-electron chi connectivity index (χ4n) is 3.82. The van der Waals surface area contributed by atoms with Gasteiger partial charge in [0.2, 0.25) is 11.8 Å². The molecule has 0 radical (unpaired) electrons. The van der Waals surface area contributed by atoms with E-state index in [9.17, 15) is 9.59 Å². The number of carbonyl (C=O) groups is 2. The van der Waals surface area contributed by atoms with Crippen LogP contribution in [0, 0.1) is 5.92 Å². The summed E-state index contributed by atoms with van der Waals surface area (Å²) in [7, 11) is 0. The number of likely N-dealkylation sites (tertiary alicyclic amines) is 1. The Bertz CT molecular complexity index is 653. The molecular formula is C20H29N3O3. The molecule has 0 spiro atoms. The van der Waals surface area contributed by atoms with E-state index < -0.39 is 0 Å². The summed E-state index contributed by atoms with van der Waals surface area (Å²) in [6, 6.07) is 8.21. The number of hydrogen-bond acceptors (Lipinski definition) is 4. The second-order valence-electron chi connectivity index (χ2n) is 7.25. The summed E-state index contributed by atoms with van der Waals surface area (Å²) in [5.74, 6) is 0.928. The van der Waals surface area contributed by atoms with Gasteiger partial charge in [0.1, 0.15) is 5.75 Å². The molecule has 1 aromatic rings. The Hall–Kier alpha value is -2.24. The first-order valence-electron chi connectivity index (χ1n) is 9.56.